The molecule has 0 saturated carbocycles. The standard InChI is InChI=1S/C22H24FN3O/c1-22(2,3)26-14-16(12-20(26)27)21-24-18-10-6-7-11-19(18)25(21)13-15-8-4-5-9-17(15)23/h4-11,16H,12-14H2,1-3H3/t16-/m0/s1. The third kappa shape index (κ3) is 3.22. The van der Waals surface area contributed by atoms with Crippen LogP contribution in [0.3, 0.4) is 0 Å². The van der Waals surface area contributed by atoms with Crippen molar-refractivity contribution in [2.75, 3.05) is 6.54 Å². The molecular weight excluding hydrogens is 341 g/mol. The minimum absolute atomic E-state index is 0.0101. The third-order valence-electron chi connectivity index (χ3n) is 5.27. The summed E-state index contributed by atoms with van der Waals surface area (Å²) in [5, 5.41) is 0. The average Bonchev–Trinajstić information content (AvgIpc) is 3.18. The Morgan fingerprint density at radius 1 is 1.11 bits per heavy atom. The van der Waals surface area contributed by atoms with Crippen molar-refractivity contribution in [1.82, 2.24) is 14.5 Å². The molecule has 1 aromatic heterocycles. The molecule has 4 nitrogen and oxygen atoms in total. The van der Waals surface area contributed by atoms with Gasteiger partial charge in [0.1, 0.15) is 11.6 Å². The van der Waals surface area contributed by atoms with E-state index < -0.39 is 0 Å². The molecule has 140 valence electrons. The highest BCUT2D eigenvalue weighted by molar-refractivity contribution is 5.81. The first-order valence-electron chi connectivity index (χ1n) is 9.33. The zero-order valence-electron chi connectivity index (χ0n) is 15.9. The lowest BCUT2D eigenvalue weighted by atomic mass is 10.1. The van der Waals surface area contributed by atoms with Crippen LogP contribution in [0.2, 0.25) is 0 Å². The zero-order chi connectivity index (χ0) is 19.2. The molecule has 1 amide bonds. The number of hydrogen-bond donors (Lipinski definition) is 0. The number of para-hydroxylation sites is 2. The molecule has 1 atom stereocenters. The van der Waals surface area contributed by atoms with Crippen LogP contribution in [0, 0.1) is 5.82 Å². The van der Waals surface area contributed by atoms with Crippen LogP contribution in [-0.2, 0) is 11.3 Å². The predicted molar refractivity (Wildman–Crippen MR) is 104 cm³/mol. The number of carbonyl (C=O) groups is 1. The molecular formula is C22H24FN3O. The summed E-state index contributed by atoms with van der Waals surface area (Å²) in [5.41, 5.74) is 2.26. The number of rotatable bonds is 3. The van der Waals surface area contributed by atoms with E-state index in [1.165, 1.54) is 6.07 Å². The molecule has 0 unspecified atom stereocenters. The monoisotopic (exact) mass is 365 g/mol. The van der Waals surface area contributed by atoms with Gasteiger partial charge in [0, 0.05) is 30.0 Å². The molecule has 1 saturated heterocycles. The van der Waals surface area contributed by atoms with E-state index in [9.17, 15) is 9.18 Å². The fourth-order valence-electron chi connectivity index (χ4n) is 3.90. The molecule has 0 radical (unpaired) electrons. The molecule has 1 aliphatic rings. The molecule has 5 heteroatoms. The van der Waals surface area contributed by atoms with Crippen LogP contribution in [0.25, 0.3) is 11.0 Å². The maximum Gasteiger partial charge on any atom is 0.223 e. The maximum absolute atomic E-state index is 14.3. The Labute approximate surface area is 158 Å². The molecule has 0 N–H and O–H groups in total. The number of nitrogens with zero attached hydrogens (tertiary/aromatic N) is 3. The summed E-state index contributed by atoms with van der Waals surface area (Å²) in [6.45, 7) is 7.20. The number of halogens is 1. The molecule has 2 aromatic carbocycles. The van der Waals surface area contributed by atoms with E-state index in [0.29, 0.717) is 25.1 Å². The van der Waals surface area contributed by atoms with Crippen molar-refractivity contribution in [3.63, 3.8) is 0 Å². The van der Waals surface area contributed by atoms with Gasteiger partial charge in [0.2, 0.25) is 5.91 Å². The third-order valence-corrected chi connectivity index (χ3v) is 5.27. The second-order valence-corrected chi connectivity index (χ2v) is 8.21. The molecule has 3 aromatic rings. The van der Waals surface area contributed by atoms with E-state index in [-0.39, 0.29) is 23.2 Å². The van der Waals surface area contributed by atoms with Gasteiger partial charge in [-0.3, -0.25) is 4.79 Å². The number of amides is 1. The predicted octanol–water partition coefficient (Wildman–Crippen LogP) is 4.34. The van der Waals surface area contributed by atoms with Crippen LogP contribution in [0.4, 0.5) is 4.39 Å². The molecule has 0 bridgehead atoms. The van der Waals surface area contributed by atoms with Crippen LogP contribution >= 0.6 is 0 Å². The number of likely N-dealkylation sites (tertiary alicyclic amines) is 1. The van der Waals surface area contributed by atoms with Gasteiger partial charge >= 0.3 is 0 Å². The van der Waals surface area contributed by atoms with Crippen LogP contribution in [0.15, 0.2) is 48.5 Å². The molecule has 0 spiro atoms. The number of aromatic nitrogens is 2. The van der Waals surface area contributed by atoms with E-state index in [1.807, 2.05) is 35.2 Å². The zero-order valence-corrected chi connectivity index (χ0v) is 15.9. The van der Waals surface area contributed by atoms with Crippen molar-refractivity contribution in [3.05, 3.63) is 65.7 Å². The first-order chi connectivity index (χ1) is 12.8. The summed E-state index contributed by atoms with van der Waals surface area (Å²) >= 11 is 0. The van der Waals surface area contributed by atoms with E-state index in [2.05, 4.69) is 25.3 Å². The van der Waals surface area contributed by atoms with Crippen molar-refractivity contribution in [2.24, 2.45) is 0 Å². The van der Waals surface area contributed by atoms with Gasteiger partial charge in [-0.05, 0) is 39.0 Å². The van der Waals surface area contributed by atoms with Gasteiger partial charge in [-0.1, -0.05) is 30.3 Å². The Bertz CT molecular complexity index is 1000. The molecule has 2 heterocycles. The molecule has 1 fully saturated rings. The van der Waals surface area contributed by atoms with Crippen molar-refractivity contribution in [2.45, 2.75) is 45.2 Å². The fourth-order valence-corrected chi connectivity index (χ4v) is 3.90. The average molecular weight is 365 g/mol. The summed E-state index contributed by atoms with van der Waals surface area (Å²) in [7, 11) is 0. The molecule has 4 rings (SSSR count). The van der Waals surface area contributed by atoms with Crippen LogP contribution in [0.1, 0.15) is 44.5 Å². The lowest BCUT2D eigenvalue weighted by Gasteiger charge is -2.32. The van der Waals surface area contributed by atoms with Crippen molar-refractivity contribution in [1.29, 1.82) is 0 Å². The SMILES string of the molecule is CC(C)(C)N1C[C@@H](c2nc3ccccc3n2Cc2ccccc2F)CC1=O. The summed E-state index contributed by atoms with van der Waals surface area (Å²) in [6.07, 6.45) is 0.442. The Morgan fingerprint density at radius 2 is 1.81 bits per heavy atom. The second kappa shape index (κ2) is 6.48. The van der Waals surface area contributed by atoms with Crippen molar-refractivity contribution < 1.29 is 9.18 Å². The minimum Gasteiger partial charge on any atom is -0.337 e. The number of hydrogen-bond acceptors (Lipinski definition) is 2. The van der Waals surface area contributed by atoms with E-state index in [1.54, 1.807) is 12.1 Å². The highest BCUT2D eigenvalue weighted by atomic mass is 19.1. The number of fused-ring (bicyclic) bond motifs is 1. The van der Waals surface area contributed by atoms with Crippen LogP contribution in [-0.4, -0.2) is 32.4 Å². The molecule has 27 heavy (non-hydrogen) atoms. The Kier molecular flexibility index (Phi) is 4.25. The van der Waals surface area contributed by atoms with Gasteiger partial charge in [0.05, 0.1) is 17.6 Å². The normalized spacial score (nSPS) is 17.9. The Hall–Kier alpha value is -2.69. The molecule has 0 aliphatic carbocycles. The fraction of sp³-hybridized carbons (Fsp3) is 0.364. The summed E-state index contributed by atoms with van der Waals surface area (Å²) in [6, 6.07) is 14.7. The molecule has 1 aliphatic heterocycles. The first-order valence-corrected chi connectivity index (χ1v) is 9.33. The highest BCUT2D eigenvalue weighted by Crippen LogP contribution is 2.34. The lowest BCUT2D eigenvalue weighted by Crippen LogP contribution is -2.42. The maximum atomic E-state index is 14.3. The quantitative estimate of drug-likeness (QED) is 0.693. The van der Waals surface area contributed by atoms with Crippen LogP contribution in [0.5, 0.6) is 0 Å². The van der Waals surface area contributed by atoms with Gasteiger partial charge in [0.15, 0.2) is 0 Å². The largest absolute Gasteiger partial charge is 0.337 e. The van der Waals surface area contributed by atoms with Crippen LogP contribution < -0.4 is 0 Å². The smallest absolute Gasteiger partial charge is 0.223 e. The Morgan fingerprint density at radius 3 is 2.52 bits per heavy atom. The summed E-state index contributed by atoms with van der Waals surface area (Å²) < 4.78 is 16.3. The van der Waals surface area contributed by atoms with Gasteiger partial charge in [-0.2, -0.15) is 0 Å². The lowest BCUT2D eigenvalue weighted by molar-refractivity contribution is -0.131. The Balaban J connectivity index is 1.77. The summed E-state index contributed by atoms with van der Waals surface area (Å²) in [5.74, 6) is 0.799. The first kappa shape index (κ1) is 17.7. The van der Waals surface area contributed by atoms with Gasteiger partial charge in [-0.25, -0.2) is 9.37 Å². The highest BCUT2D eigenvalue weighted by Gasteiger charge is 2.39. The van der Waals surface area contributed by atoms with E-state index >= 15 is 0 Å². The number of benzene rings is 2. The van der Waals surface area contributed by atoms with E-state index in [0.717, 1.165) is 16.9 Å². The van der Waals surface area contributed by atoms with E-state index in [4.69, 9.17) is 4.98 Å². The van der Waals surface area contributed by atoms with Gasteiger partial charge in [-0.15, -0.1) is 0 Å². The summed E-state index contributed by atoms with van der Waals surface area (Å²) in [4.78, 5) is 19.3. The number of imidazole rings is 1. The van der Waals surface area contributed by atoms with Gasteiger partial charge < -0.3 is 9.47 Å². The second-order valence-electron chi connectivity index (χ2n) is 8.21. The number of carbonyl (C=O) groups excluding carboxylic acids is 1. The van der Waals surface area contributed by atoms with Crippen molar-refractivity contribution >= 4 is 16.9 Å². The van der Waals surface area contributed by atoms with Gasteiger partial charge in [0.25, 0.3) is 0 Å². The minimum atomic E-state index is -0.222. The van der Waals surface area contributed by atoms with Crippen molar-refractivity contribution in [3.8, 4) is 0 Å². The topological polar surface area (TPSA) is 38.1 Å².